The Labute approximate surface area is 146 Å². The second-order valence-corrected chi connectivity index (χ2v) is 5.90. The molecule has 1 aromatic heterocycles. The molecule has 6 heteroatoms. The van der Waals surface area contributed by atoms with E-state index >= 15 is 0 Å². The summed E-state index contributed by atoms with van der Waals surface area (Å²) in [5, 5.41) is 0. The predicted molar refractivity (Wildman–Crippen MR) is 95.9 cm³/mol. The van der Waals surface area contributed by atoms with Gasteiger partial charge in [0.1, 0.15) is 17.3 Å². The number of morpholine rings is 1. The molecule has 0 amide bonds. The molecule has 1 fully saturated rings. The van der Waals surface area contributed by atoms with Crippen molar-refractivity contribution in [1.82, 2.24) is 4.90 Å². The number of ether oxygens (including phenoxy) is 2. The number of benzene rings is 1. The molecule has 0 bridgehead atoms. The zero-order chi connectivity index (χ0) is 17.6. The van der Waals surface area contributed by atoms with Crippen LogP contribution in [-0.4, -0.2) is 44.1 Å². The van der Waals surface area contributed by atoms with Crippen molar-refractivity contribution >= 4 is 11.5 Å². The van der Waals surface area contributed by atoms with Crippen LogP contribution in [0.1, 0.15) is 11.3 Å². The molecule has 1 aliphatic heterocycles. The Morgan fingerprint density at radius 2 is 1.92 bits per heavy atom. The van der Waals surface area contributed by atoms with Crippen LogP contribution in [0, 0.1) is 6.92 Å². The Balaban J connectivity index is 1.90. The van der Waals surface area contributed by atoms with Crippen molar-refractivity contribution in [2.45, 2.75) is 13.3 Å². The maximum atomic E-state index is 11.6. The van der Waals surface area contributed by atoms with E-state index in [9.17, 15) is 4.79 Å². The number of nitrogens with zero attached hydrogens (tertiary/aromatic N) is 2. The summed E-state index contributed by atoms with van der Waals surface area (Å²) in [5.41, 5.74) is 1.36. The minimum atomic E-state index is -0.385. The third kappa shape index (κ3) is 4.70. The van der Waals surface area contributed by atoms with Crippen LogP contribution in [0.2, 0.25) is 0 Å². The first-order chi connectivity index (χ1) is 12.1. The summed E-state index contributed by atoms with van der Waals surface area (Å²) in [6, 6.07) is 11.1. The van der Waals surface area contributed by atoms with Crippen LogP contribution >= 0.6 is 0 Å². The SMILES string of the molecule is COc1ccc(CC(=Nc2cc(C)oc(=O)c2)N2CCOCC2)cc1. The zero-order valence-corrected chi connectivity index (χ0v) is 14.5. The highest BCUT2D eigenvalue weighted by Crippen LogP contribution is 2.17. The molecule has 0 aliphatic carbocycles. The van der Waals surface area contributed by atoms with Crippen molar-refractivity contribution in [3.8, 4) is 5.75 Å². The van der Waals surface area contributed by atoms with E-state index in [0.29, 0.717) is 31.1 Å². The summed E-state index contributed by atoms with van der Waals surface area (Å²) in [6.07, 6.45) is 0.670. The molecule has 2 aromatic rings. The number of aliphatic imine (C=N–C) groups is 1. The number of rotatable bonds is 4. The van der Waals surface area contributed by atoms with E-state index in [1.165, 1.54) is 6.07 Å². The fourth-order valence-corrected chi connectivity index (χ4v) is 2.77. The smallest absolute Gasteiger partial charge is 0.338 e. The maximum Gasteiger partial charge on any atom is 0.338 e. The Kier molecular flexibility index (Phi) is 5.50. The molecule has 1 aliphatic rings. The molecule has 6 nitrogen and oxygen atoms in total. The average molecular weight is 342 g/mol. The van der Waals surface area contributed by atoms with E-state index in [0.717, 1.165) is 30.2 Å². The van der Waals surface area contributed by atoms with Crippen LogP contribution in [0.5, 0.6) is 5.75 Å². The lowest BCUT2D eigenvalue weighted by atomic mass is 10.1. The summed E-state index contributed by atoms with van der Waals surface area (Å²) >= 11 is 0. The van der Waals surface area contributed by atoms with E-state index < -0.39 is 0 Å². The van der Waals surface area contributed by atoms with Crippen molar-refractivity contribution < 1.29 is 13.9 Å². The van der Waals surface area contributed by atoms with Crippen LogP contribution in [0.4, 0.5) is 5.69 Å². The second-order valence-electron chi connectivity index (χ2n) is 5.90. The molecule has 132 valence electrons. The van der Waals surface area contributed by atoms with Gasteiger partial charge >= 0.3 is 5.63 Å². The van der Waals surface area contributed by atoms with Gasteiger partial charge in [0.15, 0.2) is 0 Å². The Hall–Kier alpha value is -2.60. The van der Waals surface area contributed by atoms with Gasteiger partial charge < -0.3 is 18.8 Å². The monoisotopic (exact) mass is 342 g/mol. The molecule has 0 unspecified atom stereocenters. The molecule has 1 saturated heterocycles. The lowest BCUT2D eigenvalue weighted by Gasteiger charge is -2.30. The molecule has 0 N–H and O–H groups in total. The number of amidine groups is 1. The Morgan fingerprint density at radius 1 is 1.20 bits per heavy atom. The van der Waals surface area contributed by atoms with Crippen LogP contribution in [-0.2, 0) is 11.2 Å². The molecule has 25 heavy (non-hydrogen) atoms. The van der Waals surface area contributed by atoms with E-state index in [1.807, 2.05) is 24.3 Å². The number of aryl methyl sites for hydroxylation is 1. The van der Waals surface area contributed by atoms with Gasteiger partial charge in [-0.05, 0) is 24.6 Å². The molecule has 0 spiro atoms. The number of hydrogen-bond donors (Lipinski definition) is 0. The second kappa shape index (κ2) is 7.98. The Bertz CT molecular complexity index is 790. The topological polar surface area (TPSA) is 64.3 Å². The van der Waals surface area contributed by atoms with Gasteiger partial charge in [-0.3, -0.25) is 0 Å². The minimum Gasteiger partial charge on any atom is -0.497 e. The van der Waals surface area contributed by atoms with Gasteiger partial charge in [0.05, 0.1) is 26.0 Å². The van der Waals surface area contributed by atoms with Gasteiger partial charge in [0, 0.05) is 31.6 Å². The van der Waals surface area contributed by atoms with Crippen molar-refractivity contribution in [3.05, 3.63) is 58.1 Å². The first-order valence-corrected chi connectivity index (χ1v) is 8.29. The molecular weight excluding hydrogens is 320 g/mol. The third-order valence-electron chi connectivity index (χ3n) is 4.03. The third-order valence-corrected chi connectivity index (χ3v) is 4.03. The molecule has 2 heterocycles. The summed E-state index contributed by atoms with van der Waals surface area (Å²) in [4.78, 5) is 18.6. The number of hydrogen-bond acceptors (Lipinski definition) is 5. The lowest BCUT2D eigenvalue weighted by Crippen LogP contribution is -2.41. The van der Waals surface area contributed by atoms with Crippen molar-refractivity contribution in [2.75, 3.05) is 33.4 Å². The normalized spacial score (nSPS) is 15.3. The summed E-state index contributed by atoms with van der Waals surface area (Å²) in [6.45, 7) is 4.68. The highest BCUT2D eigenvalue weighted by molar-refractivity contribution is 5.87. The predicted octanol–water partition coefficient (Wildman–Crippen LogP) is 2.56. The molecule has 1 aromatic carbocycles. The van der Waals surface area contributed by atoms with Crippen LogP contribution in [0.3, 0.4) is 0 Å². The minimum absolute atomic E-state index is 0.385. The summed E-state index contributed by atoms with van der Waals surface area (Å²) in [5.74, 6) is 2.29. The standard InChI is InChI=1S/C19H22N2O4/c1-14-11-16(13-19(22)25-14)20-18(21-7-9-24-10-8-21)12-15-3-5-17(23-2)6-4-15/h3-6,11,13H,7-10,12H2,1-2H3. The molecule has 0 saturated carbocycles. The van der Waals surface area contributed by atoms with Gasteiger partial charge in [-0.25, -0.2) is 9.79 Å². The van der Waals surface area contributed by atoms with E-state index in [-0.39, 0.29) is 5.63 Å². The van der Waals surface area contributed by atoms with E-state index in [1.54, 1.807) is 20.1 Å². The van der Waals surface area contributed by atoms with Crippen molar-refractivity contribution in [1.29, 1.82) is 0 Å². The molecule has 3 rings (SSSR count). The van der Waals surface area contributed by atoms with Crippen LogP contribution in [0.15, 0.2) is 50.6 Å². The highest BCUT2D eigenvalue weighted by atomic mass is 16.5. The summed E-state index contributed by atoms with van der Waals surface area (Å²) < 4.78 is 15.7. The molecular formula is C19H22N2O4. The van der Waals surface area contributed by atoms with Gasteiger partial charge in [-0.1, -0.05) is 12.1 Å². The molecule has 0 radical (unpaired) electrons. The Morgan fingerprint density at radius 3 is 2.56 bits per heavy atom. The van der Waals surface area contributed by atoms with Gasteiger partial charge in [-0.2, -0.15) is 0 Å². The van der Waals surface area contributed by atoms with Gasteiger partial charge in [0.25, 0.3) is 0 Å². The van der Waals surface area contributed by atoms with Crippen molar-refractivity contribution in [2.24, 2.45) is 4.99 Å². The van der Waals surface area contributed by atoms with Crippen molar-refractivity contribution in [3.63, 3.8) is 0 Å². The lowest BCUT2D eigenvalue weighted by molar-refractivity contribution is 0.0674. The highest BCUT2D eigenvalue weighted by Gasteiger charge is 2.16. The molecule has 0 atom stereocenters. The van der Waals surface area contributed by atoms with E-state index in [4.69, 9.17) is 18.9 Å². The fourth-order valence-electron chi connectivity index (χ4n) is 2.77. The largest absolute Gasteiger partial charge is 0.497 e. The van der Waals surface area contributed by atoms with Crippen LogP contribution < -0.4 is 10.4 Å². The summed E-state index contributed by atoms with van der Waals surface area (Å²) in [7, 11) is 1.65. The zero-order valence-electron chi connectivity index (χ0n) is 14.5. The average Bonchev–Trinajstić information content (AvgIpc) is 2.62. The fraction of sp³-hybridized carbons (Fsp3) is 0.368. The van der Waals surface area contributed by atoms with E-state index in [2.05, 4.69) is 4.90 Å². The van der Waals surface area contributed by atoms with Gasteiger partial charge in [-0.15, -0.1) is 0 Å². The first-order valence-electron chi connectivity index (χ1n) is 8.29. The van der Waals surface area contributed by atoms with Crippen LogP contribution in [0.25, 0.3) is 0 Å². The maximum absolute atomic E-state index is 11.6. The quantitative estimate of drug-likeness (QED) is 0.631. The first kappa shape index (κ1) is 17.2. The number of methoxy groups -OCH3 is 1. The van der Waals surface area contributed by atoms with Gasteiger partial charge in [0.2, 0.25) is 0 Å².